The number of nitrogens with two attached hydrogens (primary N) is 1. The third-order valence-electron chi connectivity index (χ3n) is 3.78. The molecule has 1 atom stereocenters. The van der Waals surface area contributed by atoms with E-state index >= 15 is 0 Å². The zero-order chi connectivity index (χ0) is 19.1. The summed E-state index contributed by atoms with van der Waals surface area (Å²) >= 11 is 1.34. The lowest BCUT2D eigenvalue weighted by atomic mass is 9.96. The predicted molar refractivity (Wildman–Crippen MR) is 102 cm³/mol. The van der Waals surface area contributed by atoms with Crippen molar-refractivity contribution in [2.24, 2.45) is 0 Å². The largest absolute Gasteiger partial charge is 0.389 e. The normalized spacial score (nSPS) is 11.3. The van der Waals surface area contributed by atoms with Gasteiger partial charge in [0, 0.05) is 26.2 Å². The first-order chi connectivity index (χ1) is 12.5. The second-order valence-electron chi connectivity index (χ2n) is 5.40. The van der Waals surface area contributed by atoms with Crippen LogP contribution in [0.4, 0.5) is 15.5 Å². The number of rotatable bonds is 6. The minimum atomic E-state index is -0.568. The molecule has 1 aromatic heterocycles. The van der Waals surface area contributed by atoms with Crippen LogP contribution in [0.3, 0.4) is 0 Å². The number of likely N-dealkylation sites (N-methyl/N-ethyl adjacent to an activating group) is 1. The summed E-state index contributed by atoms with van der Waals surface area (Å²) < 4.78 is 0. The maximum absolute atomic E-state index is 12.3. The van der Waals surface area contributed by atoms with Crippen LogP contribution in [0.25, 0.3) is 0 Å². The Bertz CT molecular complexity index is 788. The van der Waals surface area contributed by atoms with Crippen LogP contribution in [0, 0.1) is 0 Å². The van der Waals surface area contributed by atoms with E-state index in [4.69, 9.17) is 5.73 Å². The maximum atomic E-state index is 12.3. The lowest BCUT2D eigenvalue weighted by Crippen LogP contribution is -2.39. The minimum absolute atomic E-state index is 0.135. The molecule has 0 fully saturated rings. The number of carbonyl (C=O) groups excluding carboxylic acids is 3. The van der Waals surface area contributed by atoms with Gasteiger partial charge in [-0.3, -0.25) is 9.59 Å². The van der Waals surface area contributed by atoms with Crippen LogP contribution >= 0.6 is 11.3 Å². The van der Waals surface area contributed by atoms with Gasteiger partial charge in [0.2, 0.25) is 5.91 Å². The molecule has 0 aliphatic rings. The fourth-order valence-corrected chi connectivity index (χ4v) is 2.90. The van der Waals surface area contributed by atoms with E-state index in [0.717, 1.165) is 0 Å². The molecule has 9 heteroatoms. The number of anilines is 2. The zero-order valence-corrected chi connectivity index (χ0v) is 15.3. The van der Waals surface area contributed by atoms with E-state index in [1.807, 2.05) is 0 Å². The highest BCUT2D eigenvalue weighted by Gasteiger charge is 2.20. The van der Waals surface area contributed by atoms with Crippen molar-refractivity contribution in [3.8, 4) is 0 Å². The number of nitrogens with one attached hydrogen (secondary N) is 4. The molecule has 2 rings (SSSR count). The summed E-state index contributed by atoms with van der Waals surface area (Å²) in [6.45, 7) is 0.135. The number of hydrogen-bond acceptors (Lipinski definition) is 5. The van der Waals surface area contributed by atoms with Gasteiger partial charge in [0.15, 0.2) is 0 Å². The van der Waals surface area contributed by atoms with Gasteiger partial charge in [-0.05, 0) is 29.1 Å². The summed E-state index contributed by atoms with van der Waals surface area (Å²) in [6.07, 6.45) is 0. The van der Waals surface area contributed by atoms with Crippen molar-refractivity contribution < 1.29 is 14.4 Å². The second kappa shape index (κ2) is 8.86. The summed E-state index contributed by atoms with van der Waals surface area (Å²) in [4.78, 5) is 35.8. The number of nitrogen functional groups attached to an aromatic ring is 1. The van der Waals surface area contributed by atoms with Gasteiger partial charge >= 0.3 is 6.03 Å². The summed E-state index contributed by atoms with van der Waals surface area (Å²) in [5.74, 6) is -1.09. The lowest BCUT2D eigenvalue weighted by Gasteiger charge is -2.17. The fraction of sp³-hybridized carbons (Fsp3) is 0.235. The first kappa shape index (κ1) is 19.3. The summed E-state index contributed by atoms with van der Waals surface area (Å²) in [5.41, 5.74) is 7.47. The van der Waals surface area contributed by atoms with Gasteiger partial charge in [0.05, 0.1) is 11.6 Å². The minimum Gasteiger partial charge on any atom is -0.389 e. The molecule has 0 spiro atoms. The number of amides is 4. The van der Waals surface area contributed by atoms with Crippen molar-refractivity contribution in [1.82, 2.24) is 16.0 Å². The molecule has 0 aliphatic heterocycles. The van der Waals surface area contributed by atoms with Crippen LogP contribution in [0.1, 0.15) is 21.8 Å². The summed E-state index contributed by atoms with van der Waals surface area (Å²) in [6, 6.07) is 8.00. The lowest BCUT2D eigenvalue weighted by molar-refractivity contribution is -0.121. The van der Waals surface area contributed by atoms with Crippen LogP contribution < -0.4 is 27.0 Å². The van der Waals surface area contributed by atoms with Crippen LogP contribution in [-0.4, -0.2) is 38.5 Å². The molecule has 4 amide bonds. The predicted octanol–water partition coefficient (Wildman–Crippen LogP) is 1.34. The molecule has 138 valence electrons. The molecule has 0 saturated heterocycles. The average Bonchev–Trinajstić information content (AvgIpc) is 3.06. The van der Waals surface area contributed by atoms with Crippen molar-refractivity contribution in [2.45, 2.75) is 5.92 Å². The summed E-state index contributed by atoms with van der Waals surface area (Å²) in [7, 11) is 3.03. The molecule has 0 aliphatic carbocycles. The summed E-state index contributed by atoms with van der Waals surface area (Å²) in [5, 5.41) is 12.7. The van der Waals surface area contributed by atoms with Crippen molar-refractivity contribution in [3.05, 3.63) is 46.8 Å². The van der Waals surface area contributed by atoms with E-state index in [0.29, 0.717) is 21.8 Å². The Labute approximate surface area is 155 Å². The Hall–Kier alpha value is -3.07. The highest BCUT2D eigenvalue weighted by Crippen LogP contribution is 2.25. The first-order valence-electron chi connectivity index (χ1n) is 7.87. The van der Waals surface area contributed by atoms with Crippen molar-refractivity contribution in [2.75, 3.05) is 31.7 Å². The first-order valence-corrected chi connectivity index (χ1v) is 8.75. The zero-order valence-electron chi connectivity index (χ0n) is 14.5. The number of urea groups is 1. The van der Waals surface area contributed by atoms with Crippen LogP contribution in [-0.2, 0) is 4.79 Å². The van der Waals surface area contributed by atoms with E-state index in [-0.39, 0.29) is 24.4 Å². The molecular formula is C17H21N5O3S. The molecule has 8 nitrogen and oxygen atoms in total. The standard InChI is InChI=1S/C17H21N5O3S/c1-19-16(24)12(9-21-17(25)20-2)10-3-5-11(6-4-10)15(23)22-13-7-8-26-14(13)18/h3-8,12H,9,18H2,1-2H3,(H,19,24)(H,22,23)(H2,20,21,25). The average molecular weight is 375 g/mol. The van der Waals surface area contributed by atoms with E-state index in [1.165, 1.54) is 25.4 Å². The van der Waals surface area contributed by atoms with E-state index in [9.17, 15) is 14.4 Å². The van der Waals surface area contributed by atoms with Gasteiger partial charge in [-0.25, -0.2) is 4.79 Å². The number of benzene rings is 1. The van der Waals surface area contributed by atoms with Crippen LogP contribution in [0.15, 0.2) is 35.7 Å². The van der Waals surface area contributed by atoms with E-state index in [2.05, 4.69) is 21.3 Å². The smallest absolute Gasteiger partial charge is 0.314 e. The molecule has 26 heavy (non-hydrogen) atoms. The Morgan fingerprint density at radius 1 is 1.08 bits per heavy atom. The molecule has 1 aromatic carbocycles. The van der Waals surface area contributed by atoms with E-state index < -0.39 is 5.92 Å². The highest BCUT2D eigenvalue weighted by molar-refractivity contribution is 7.14. The Morgan fingerprint density at radius 2 is 1.77 bits per heavy atom. The van der Waals surface area contributed by atoms with Gasteiger partial charge in [0.1, 0.15) is 5.00 Å². The molecule has 0 saturated carbocycles. The van der Waals surface area contributed by atoms with Crippen LogP contribution in [0.5, 0.6) is 0 Å². The van der Waals surface area contributed by atoms with Crippen molar-refractivity contribution in [1.29, 1.82) is 0 Å². The third-order valence-corrected chi connectivity index (χ3v) is 4.52. The molecule has 0 radical (unpaired) electrons. The molecule has 2 aromatic rings. The van der Waals surface area contributed by atoms with Gasteiger partial charge in [-0.15, -0.1) is 11.3 Å². The van der Waals surface area contributed by atoms with Gasteiger partial charge in [-0.2, -0.15) is 0 Å². The van der Waals surface area contributed by atoms with Gasteiger partial charge < -0.3 is 27.0 Å². The van der Waals surface area contributed by atoms with Crippen molar-refractivity contribution in [3.63, 3.8) is 0 Å². The molecular weight excluding hydrogens is 354 g/mol. The monoisotopic (exact) mass is 375 g/mol. The SMILES string of the molecule is CNC(=O)NCC(C(=O)NC)c1ccc(C(=O)Nc2ccsc2N)cc1. The fourth-order valence-electron chi connectivity index (χ4n) is 2.30. The molecule has 6 N–H and O–H groups in total. The van der Waals surface area contributed by atoms with E-state index in [1.54, 1.807) is 35.7 Å². The van der Waals surface area contributed by atoms with Crippen LogP contribution in [0.2, 0.25) is 0 Å². The number of carbonyl (C=O) groups is 3. The Kier molecular flexibility index (Phi) is 6.56. The Balaban J connectivity index is 2.11. The highest BCUT2D eigenvalue weighted by atomic mass is 32.1. The maximum Gasteiger partial charge on any atom is 0.314 e. The van der Waals surface area contributed by atoms with Gasteiger partial charge in [-0.1, -0.05) is 12.1 Å². The van der Waals surface area contributed by atoms with Crippen molar-refractivity contribution >= 4 is 39.9 Å². The topological polar surface area (TPSA) is 125 Å². The Morgan fingerprint density at radius 3 is 2.31 bits per heavy atom. The molecule has 1 unspecified atom stereocenters. The molecule has 0 bridgehead atoms. The second-order valence-corrected chi connectivity index (χ2v) is 6.35. The molecule has 1 heterocycles. The van der Waals surface area contributed by atoms with Gasteiger partial charge in [0.25, 0.3) is 5.91 Å². The third kappa shape index (κ3) is 4.73. The quantitative estimate of drug-likeness (QED) is 0.522. The number of thiophene rings is 1. The number of hydrogen-bond donors (Lipinski definition) is 5.